The second-order valence-corrected chi connectivity index (χ2v) is 9.59. The Hall–Kier alpha value is -4.63. The van der Waals surface area contributed by atoms with Crippen LogP contribution in [0, 0.1) is 11.3 Å². The summed E-state index contributed by atoms with van der Waals surface area (Å²) in [7, 11) is 0. The first kappa shape index (κ1) is 25.0. The maximum atomic E-state index is 14.3. The molecule has 4 aromatic heterocycles. The number of alkyl halides is 1. The number of carbonyl (C=O) groups excluding carboxylic acids is 1. The third kappa shape index (κ3) is 5.09. The number of amides is 1. The van der Waals surface area contributed by atoms with E-state index >= 15 is 0 Å². The molecular formula is C26H26FN9O2. The van der Waals surface area contributed by atoms with Crippen molar-refractivity contribution in [1.29, 1.82) is 5.26 Å². The maximum Gasteiger partial charge on any atom is 0.255 e. The van der Waals surface area contributed by atoms with Gasteiger partial charge in [-0.25, -0.2) is 18.9 Å². The summed E-state index contributed by atoms with van der Waals surface area (Å²) in [6.07, 6.45) is 5.56. The minimum Gasteiger partial charge on any atom is -0.387 e. The number of aromatic nitrogens is 5. The fourth-order valence-corrected chi connectivity index (χ4v) is 3.88. The van der Waals surface area contributed by atoms with E-state index in [0.29, 0.717) is 39.8 Å². The lowest BCUT2D eigenvalue weighted by atomic mass is 10.0. The largest absolute Gasteiger partial charge is 0.387 e. The van der Waals surface area contributed by atoms with Crippen LogP contribution < -0.4 is 15.5 Å². The number of aliphatic hydroxyl groups is 1. The normalized spacial score (nSPS) is 14.0. The van der Waals surface area contributed by atoms with Crippen molar-refractivity contribution in [2.24, 2.45) is 0 Å². The predicted molar refractivity (Wildman–Crippen MR) is 139 cm³/mol. The fourth-order valence-electron chi connectivity index (χ4n) is 3.88. The highest BCUT2D eigenvalue weighted by atomic mass is 19.1. The number of nitrogens with one attached hydrogen (secondary N) is 2. The standard InChI is InChI=1S/C26H26FN9O2/c1-26(2,38)23(27)15-30-24(37)19-14-29-21(22-5-4-18-8-16(10-28)11-33-36(18)22)9-20(19)34-17-12-31-25(32-13-17)35-6-3-7-35/h4-5,8-9,11-14,23,38H,3,6-7,15H2,1-2H3,(H,29,34)(H,30,37)/t23-/m1/s1. The van der Waals surface area contributed by atoms with Crippen LogP contribution >= 0.6 is 0 Å². The zero-order valence-electron chi connectivity index (χ0n) is 20.9. The molecule has 0 aliphatic carbocycles. The van der Waals surface area contributed by atoms with Gasteiger partial charge in [-0.05, 0) is 44.5 Å². The molecular weight excluding hydrogens is 489 g/mol. The van der Waals surface area contributed by atoms with Gasteiger partial charge >= 0.3 is 0 Å². The molecule has 38 heavy (non-hydrogen) atoms. The number of fused-ring (bicyclic) bond motifs is 1. The maximum absolute atomic E-state index is 14.3. The Kier molecular flexibility index (Phi) is 6.61. The molecule has 1 aliphatic rings. The van der Waals surface area contributed by atoms with E-state index in [2.05, 4.69) is 41.7 Å². The second kappa shape index (κ2) is 10.0. The molecule has 1 fully saturated rings. The zero-order valence-corrected chi connectivity index (χ0v) is 20.9. The number of rotatable bonds is 8. The van der Waals surface area contributed by atoms with Crippen molar-refractivity contribution in [2.75, 3.05) is 29.9 Å². The molecule has 5 heterocycles. The van der Waals surface area contributed by atoms with Gasteiger partial charge in [-0.3, -0.25) is 9.78 Å². The number of pyridine rings is 1. The molecule has 1 atom stereocenters. The van der Waals surface area contributed by atoms with Crippen molar-refractivity contribution in [3.05, 3.63) is 60.2 Å². The average Bonchev–Trinajstić information content (AvgIpc) is 3.29. The van der Waals surface area contributed by atoms with Crippen molar-refractivity contribution in [3.8, 4) is 17.5 Å². The lowest BCUT2D eigenvalue weighted by molar-refractivity contribution is -0.00177. The third-order valence-electron chi connectivity index (χ3n) is 6.31. The van der Waals surface area contributed by atoms with Crippen molar-refractivity contribution in [2.45, 2.75) is 32.0 Å². The van der Waals surface area contributed by atoms with Gasteiger partial charge in [-0.15, -0.1) is 0 Å². The smallest absolute Gasteiger partial charge is 0.255 e. The van der Waals surface area contributed by atoms with Gasteiger partial charge in [0.1, 0.15) is 12.2 Å². The molecule has 1 saturated heterocycles. The molecule has 194 valence electrons. The Balaban J connectivity index is 1.47. The highest BCUT2D eigenvalue weighted by Crippen LogP contribution is 2.28. The summed E-state index contributed by atoms with van der Waals surface area (Å²) < 4.78 is 15.9. The fraction of sp³-hybridized carbons (Fsp3) is 0.308. The molecule has 0 bridgehead atoms. The number of carbonyl (C=O) groups is 1. The second-order valence-electron chi connectivity index (χ2n) is 9.59. The van der Waals surface area contributed by atoms with Crippen LogP contribution in [0.25, 0.3) is 16.9 Å². The van der Waals surface area contributed by atoms with E-state index in [1.165, 1.54) is 26.2 Å². The molecule has 1 amide bonds. The van der Waals surface area contributed by atoms with Gasteiger partial charge in [0.15, 0.2) is 0 Å². The van der Waals surface area contributed by atoms with E-state index < -0.39 is 17.7 Å². The first-order chi connectivity index (χ1) is 18.2. The summed E-state index contributed by atoms with van der Waals surface area (Å²) in [6, 6.07) is 9.10. The Morgan fingerprint density at radius 3 is 2.61 bits per heavy atom. The molecule has 0 unspecified atom stereocenters. The van der Waals surface area contributed by atoms with Gasteiger partial charge in [0.25, 0.3) is 5.91 Å². The molecule has 0 radical (unpaired) electrons. The summed E-state index contributed by atoms with van der Waals surface area (Å²) >= 11 is 0. The summed E-state index contributed by atoms with van der Waals surface area (Å²) in [5.41, 5.74) is 1.84. The van der Waals surface area contributed by atoms with Crippen LogP contribution in [0.2, 0.25) is 0 Å². The van der Waals surface area contributed by atoms with E-state index in [1.54, 1.807) is 29.0 Å². The predicted octanol–water partition coefficient (Wildman–Crippen LogP) is 2.85. The molecule has 1 aliphatic heterocycles. The Bertz CT molecular complexity index is 1520. The average molecular weight is 516 g/mol. The van der Waals surface area contributed by atoms with Crippen LogP contribution in [0.3, 0.4) is 0 Å². The van der Waals surface area contributed by atoms with E-state index in [4.69, 9.17) is 5.26 Å². The summed E-state index contributed by atoms with van der Waals surface area (Å²) in [4.78, 5) is 28.4. The van der Waals surface area contributed by atoms with Crippen LogP contribution in [0.1, 0.15) is 36.2 Å². The van der Waals surface area contributed by atoms with Gasteiger partial charge < -0.3 is 20.6 Å². The van der Waals surface area contributed by atoms with Gasteiger partial charge in [0.2, 0.25) is 5.95 Å². The van der Waals surface area contributed by atoms with Crippen molar-refractivity contribution in [1.82, 2.24) is 29.9 Å². The SMILES string of the molecule is CC(C)(O)[C@H](F)CNC(=O)c1cnc(-c2ccc3cc(C#N)cnn23)cc1Nc1cnc(N2CCC2)nc1. The van der Waals surface area contributed by atoms with Crippen LogP contribution in [-0.2, 0) is 0 Å². The van der Waals surface area contributed by atoms with E-state index in [9.17, 15) is 14.3 Å². The number of nitrogens with zero attached hydrogens (tertiary/aromatic N) is 7. The monoisotopic (exact) mass is 515 g/mol. The van der Waals surface area contributed by atoms with E-state index in [0.717, 1.165) is 19.5 Å². The quantitative estimate of drug-likeness (QED) is 0.323. The number of hydrogen-bond acceptors (Lipinski definition) is 9. The van der Waals surface area contributed by atoms with Crippen LogP contribution in [0.4, 0.5) is 21.7 Å². The van der Waals surface area contributed by atoms with E-state index in [1.807, 2.05) is 12.1 Å². The number of nitriles is 1. The van der Waals surface area contributed by atoms with Crippen LogP contribution in [-0.4, -0.2) is 67.0 Å². The highest BCUT2D eigenvalue weighted by molar-refractivity contribution is 6.00. The van der Waals surface area contributed by atoms with E-state index in [-0.39, 0.29) is 12.1 Å². The molecule has 0 spiro atoms. The zero-order chi connectivity index (χ0) is 26.9. The number of hydrogen-bond donors (Lipinski definition) is 3. The first-order valence-electron chi connectivity index (χ1n) is 12.1. The first-order valence-corrected chi connectivity index (χ1v) is 12.1. The molecule has 3 N–H and O–H groups in total. The minimum absolute atomic E-state index is 0.170. The van der Waals surface area contributed by atoms with Crippen molar-refractivity contribution in [3.63, 3.8) is 0 Å². The number of anilines is 3. The number of halogens is 1. The summed E-state index contributed by atoms with van der Waals surface area (Å²) in [6.45, 7) is 4.14. The highest BCUT2D eigenvalue weighted by Gasteiger charge is 2.27. The molecule has 12 heteroatoms. The van der Waals surface area contributed by atoms with Crippen molar-refractivity contribution < 1.29 is 14.3 Å². The molecule has 4 aromatic rings. The third-order valence-corrected chi connectivity index (χ3v) is 6.31. The van der Waals surface area contributed by atoms with Gasteiger partial charge in [0.05, 0.1) is 70.1 Å². The Morgan fingerprint density at radius 1 is 1.18 bits per heavy atom. The Morgan fingerprint density at radius 2 is 1.95 bits per heavy atom. The molecule has 5 rings (SSSR count). The van der Waals surface area contributed by atoms with Crippen LogP contribution in [0.5, 0.6) is 0 Å². The molecule has 11 nitrogen and oxygen atoms in total. The lowest BCUT2D eigenvalue weighted by Crippen LogP contribution is -2.42. The topological polar surface area (TPSA) is 144 Å². The van der Waals surface area contributed by atoms with Gasteiger partial charge in [0, 0.05) is 19.3 Å². The summed E-state index contributed by atoms with van der Waals surface area (Å²) in [5.74, 6) is 0.0756. The lowest BCUT2D eigenvalue weighted by Gasteiger charge is -2.30. The van der Waals surface area contributed by atoms with Gasteiger partial charge in [-0.1, -0.05) is 0 Å². The summed E-state index contributed by atoms with van der Waals surface area (Å²) in [5, 5.41) is 29.1. The van der Waals surface area contributed by atoms with Crippen LogP contribution in [0.15, 0.2) is 49.1 Å². The molecule has 0 saturated carbocycles. The van der Waals surface area contributed by atoms with Crippen molar-refractivity contribution >= 4 is 28.7 Å². The Labute approximate surface area is 218 Å². The minimum atomic E-state index is -1.66. The molecule has 0 aromatic carbocycles. The van der Waals surface area contributed by atoms with Gasteiger partial charge in [-0.2, -0.15) is 10.4 Å².